The molecule has 1 aromatic heterocycles. The van der Waals surface area contributed by atoms with E-state index >= 15 is 0 Å². The highest BCUT2D eigenvalue weighted by Crippen LogP contribution is 2.33. The van der Waals surface area contributed by atoms with Gasteiger partial charge in [-0.05, 0) is 26.0 Å². The Kier molecular flexibility index (Phi) is 4.20. The summed E-state index contributed by atoms with van der Waals surface area (Å²) in [5.74, 6) is 1.23. The molecule has 0 radical (unpaired) electrons. The summed E-state index contributed by atoms with van der Waals surface area (Å²) in [6.07, 6.45) is -0.414. The van der Waals surface area contributed by atoms with Crippen LogP contribution in [-0.4, -0.2) is 39.2 Å². The van der Waals surface area contributed by atoms with Gasteiger partial charge in [-0.3, -0.25) is 14.9 Å². The number of carbonyl (C=O) groups excluding carboxylic acids is 2. The number of benzene rings is 1. The van der Waals surface area contributed by atoms with Gasteiger partial charge in [-0.2, -0.15) is 10.1 Å². The summed E-state index contributed by atoms with van der Waals surface area (Å²) in [5, 5.41) is 6.78. The summed E-state index contributed by atoms with van der Waals surface area (Å²) in [5.41, 5.74) is 0.683. The lowest BCUT2D eigenvalue weighted by Gasteiger charge is -2.32. The summed E-state index contributed by atoms with van der Waals surface area (Å²) in [6.45, 7) is 3.72. The molecule has 8 nitrogen and oxygen atoms in total. The maximum Gasteiger partial charge on any atom is 0.267 e. The molecule has 0 saturated heterocycles. The van der Waals surface area contributed by atoms with Crippen LogP contribution >= 0.6 is 0 Å². The van der Waals surface area contributed by atoms with Crippen LogP contribution in [0.1, 0.15) is 19.2 Å². The van der Waals surface area contributed by atoms with E-state index in [4.69, 9.17) is 4.74 Å². The topological polar surface area (TPSA) is 89.4 Å². The van der Waals surface area contributed by atoms with Gasteiger partial charge in [0.25, 0.3) is 5.91 Å². The van der Waals surface area contributed by atoms with Gasteiger partial charge in [-0.25, -0.2) is 4.68 Å². The van der Waals surface area contributed by atoms with Gasteiger partial charge >= 0.3 is 0 Å². The maximum absolute atomic E-state index is 12.4. The zero-order valence-corrected chi connectivity index (χ0v) is 13.8. The average molecular weight is 329 g/mol. The molecule has 1 aliphatic heterocycles. The third-order valence-corrected chi connectivity index (χ3v) is 3.76. The van der Waals surface area contributed by atoms with Crippen molar-refractivity contribution in [1.82, 2.24) is 14.8 Å². The number of anilines is 2. The molecule has 1 N–H and O–H groups in total. The van der Waals surface area contributed by atoms with Crippen LogP contribution in [0.5, 0.6) is 5.75 Å². The number of para-hydroxylation sites is 2. The third-order valence-electron chi connectivity index (χ3n) is 3.76. The van der Waals surface area contributed by atoms with Crippen LogP contribution in [0.25, 0.3) is 0 Å². The summed E-state index contributed by atoms with van der Waals surface area (Å²) in [6, 6.07) is 7.31. The molecule has 126 valence electrons. The van der Waals surface area contributed by atoms with Crippen molar-refractivity contribution in [3.8, 4) is 5.75 Å². The van der Waals surface area contributed by atoms with Gasteiger partial charge in [0, 0.05) is 20.0 Å². The molecule has 1 aliphatic rings. The quantitative estimate of drug-likeness (QED) is 0.912. The highest BCUT2D eigenvalue weighted by molar-refractivity contribution is 6.00. The number of nitrogens with one attached hydrogen (secondary N) is 1. The third kappa shape index (κ3) is 3.08. The highest BCUT2D eigenvalue weighted by Gasteiger charge is 2.31. The number of ether oxygens (including phenoxy) is 1. The van der Waals surface area contributed by atoms with Crippen LogP contribution in [0.3, 0.4) is 0 Å². The summed E-state index contributed by atoms with van der Waals surface area (Å²) in [7, 11) is 1.71. The molecule has 0 saturated carbocycles. The first kappa shape index (κ1) is 16.0. The molecule has 0 aliphatic carbocycles. The Morgan fingerprint density at radius 1 is 1.38 bits per heavy atom. The second-order valence-corrected chi connectivity index (χ2v) is 5.62. The van der Waals surface area contributed by atoms with Gasteiger partial charge < -0.3 is 9.64 Å². The van der Waals surface area contributed by atoms with Crippen molar-refractivity contribution >= 4 is 23.5 Å². The Morgan fingerprint density at radius 3 is 2.83 bits per heavy atom. The molecule has 0 spiro atoms. The first-order chi connectivity index (χ1) is 11.5. The molecule has 1 aromatic carbocycles. The molecular weight excluding hydrogens is 310 g/mol. The number of hydrogen-bond acceptors (Lipinski definition) is 5. The Labute approximate surface area is 139 Å². The largest absolute Gasteiger partial charge is 0.479 e. The van der Waals surface area contributed by atoms with Gasteiger partial charge in [0.05, 0.1) is 5.69 Å². The molecule has 2 heterocycles. The Balaban J connectivity index is 1.68. The minimum Gasteiger partial charge on any atom is -0.479 e. The molecule has 1 atom stereocenters. The fraction of sp³-hybridized carbons (Fsp3) is 0.375. The Hall–Kier alpha value is -2.90. The lowest BCUT2D eigenvalue weighted by atomic mass is 10.1. The van der Waals surface area contributed by atoms with Crippen molar-refractivity contribution in [2.75, 3.05) is 16.8 Å². The van der Waals surface area contributed by atoms with Crippen molar-refractivity contribution in [1.29, 1.82) is 0 Å². The lowest BCUT2D eigenvalue weighted by Crippen LogP contribution is -2.45. The predicted octanol–water partition coefficient (Wildman–Crippen LogP) is 1.27. The van der Waals surface area contributed by atoms with E-state index in [0.717, 1.165) is 0 Å². The van der Waals surface area contributed by atoms with Gasteiger partial charge in [0.2, 0.25) is 11.9 Å². The van der Waals surface area contributed by atoms with Crippen LogP contribution in [0.15, 0.2) is 24.3 Å². The molecule has 2 aromatic rings. The molecule has 24 heavy (non-hydrogen) atoms. The van der Waals surface area contributed by atoms with E-state index in [2.05, 4.69) is 15.4 Å². The summed E-state index contributed by atoms with van der Waals surface area (Å²) >= 11 is 0. The average Bonchev–Trinajstić information content (AvgIpc) is 2.85. The molecular formula is C16H19N5O3. The minimum absolute atomic E-state index is 0.151. The standard InChI is InChI=1S/C16H19N5O3/c1-10-15(23)21(12-6-4-5-7-13(12)24-10)9-8-14(22)18-16-17-11(2)19-20(16)3/h4-7,10H,8-9H2,1-3H3,(H,17,18,19,22)/t10-/m1/s1. The van der Waals surface area contributed by atoms with Gasteiger partial charge in [-0.15, -0.1) is 0 Å². The number of carbonyl (C=O) groups is 2. The van der Waals surface area contributed by atoms with Crippen LogP contribution in [-0.2, 0) is 16.6 Å². The zero-order chi connectivity index (χ0) is 17.3. The Morgan fingerprint density at radius 2 is 2.12 bits per heavy atom. The minimum atomic E-state index is -0.565. The number of aromatic nitrogens is 3. The number of hydrogen-bond donors (Lipinski definition) is 1. The van der Waals surface area contributed by atoms with E-state index in [1.54, 1.807) is 25.8 Å². The Bertz CT molecular complexity index is 786. The van der Waals surface area contributed by atoms with Gasteiger partial charge in [-0.1, -0.05) is 12.1 Å². The monoisotopic (exact) mass is 329 g/mol. The summed E-state index contributed by atoms with van der Waals surface area (Å²) in [4.78, 5) is 30.2. The fourth-order valence-corrected chi connectivity index (χ4v) is 2.61. The van der Waals surface area contributed by atoms with Crippen LogP contribution in [0.2, 0.25) is 0 Å². The lowest BCUT2D eigenvalue weighted by molar-refractivity contribution is -0.125. The van der Waals surface area contributed by atoms with E-state index in [0.29, 0.717) is 23.2 Å². The zero-order valence-electron chi connectivity index (χ0n) is 13.8. The van der Waals surface area contributed by atoms with Crippen molar-refractivity contribution in [3.63, 3.8) is 0 Å². The normalized spacial score (nSPS) is 16.5. The van der Waals surface area contributed by atoms with Crippen molar-refractivity contribution in [2.24, 2.45) is 7.05 Å². The van der Waals surface area contributed by atoms with Crippen LogP contribution in [0.4, 0.5) is 11.6 Å². The molecule has 0 bridgehead atoms. The second kappa shape index (κ2) is 6.31. The van der Waals surface area contributed by atoms with Crippen molar-refractivity contribution in [3.05, 3.63) is 30.1 Å². The fourth-order valence-electron chi connectivity index (χ4n) is 2.61. The molecule has 3 rings (SSSR count). The van der Waals surface area contributed by atoms with Crippen molar-refractivity contribution in [2.45, 2.75) is 26.4 Å². The van der Waals surface area contributed by atoms with Gasteiger partial charge in [0.15, 0.2) is 6.10 Å². The molecule has 0 fully saturated rings. The SMILES string of the molecule is Cc1nc(NC(=O)CCN2C(=O)[C@@H](C)Oc3ccccc32)n(C)n1. The summed E-state index contributed by atoms with van der Waals surface area (Å²) < 4.78 is 7.09. The van der Waals surface area contributed by atoms with E-state index in [1.807, 2.05) is 24.3 Å². The van der Waals surface area contributed by atoms with E-state index in [9.17, 15) is 9.59 Å². The number of nitrogens with zero attached hydrogens (tertiary/aromatic N) is 4. The predicted molar refractivity (Wildman–Crippen MR) is 87.9 cm³/mol. The van der Waals surface area contributed by atoms with E-state index in [1.165, 1.54) is 4.68 Å². The van der Waals surface area contributed by atoms with Crippen molar-refractivity contribution < 1.29 is 14.3 Å². The molecule has 0 unspecified atom stereocenters. The molecule has 8 heteroatoms. The van der Waals surface area contributed by atoms with Crippen LogP contribution in [0, 0.1) is 6.92 Å². The van der Waals surface area contributed by atoms with E-state index < -0.39 is 6.10 Å². The maximum atomic E-state index is 12.4. The molecule has 2 amide bonds. The number of fused-ring (bicyclic) bond motifs is 1. The van der Waals surface area contributed by atoms with E-state index in [-0.39, 0.29) is 24.8 Å². The number of amides is 2. The first-order valence-electron chi connectivity index (χ1n) is 7.70. The smallest absolute Gasteiger partial charge is 0.267 e. The first-order valence-corrected chi connectivity index (χ1v) is 7.70. The number of rotatable bonds is 4. The number of aryl methyl sites for hydroxylation is 2. The highest BCUT2D eigenvalue weighted by atomic mass is 16.5. The van der Waals surface area contributed by atoms with Gasteiger partial charge in [0.1, 0.15) is 11.6 Å². The second-order valence-electron chi connectivity index (χ2n) is 5.62. The van der Waals surface area contributed by atoms with Crippen LogP contribution < -0.4 is 15.0 Å².